The smallest absolute Gasteiger partial charge is 0.262 e. The highest BCUT2D eigenvalue weighted by atomic mass is 31.2. The van der Waals surface area contributed by atoms with E-state index in [-0.39, 0.29) is 6.71 Å². The monoisotopic (exact) mass is 637 g/mol. The fourth-order valence-electron chi connectivity index (χ4n) is 7.29. The fraction of sp³-hybridized carbons (Fsp3) is 0. The summed E-state index contributed by atoms with van der Waals surface area (Å²) in [6, 6.07) is 48.1. The maximum atomic E-state index is 15.1. The lowest BCUT2D eigenvalue weighted by molar-refractivity contribution is 0.450. The highest BCUT2D eigenvalue weighted by Gasteiger charge is 2.40. The molecule has 2 aliphatic heterocycles. The van der Waals surface area contributed by atoms with Gasteiger partial charge >= 0.3 is 0 Å². The SMILES string of the molecule is O=P(c1ccccc1)(c1ccccc1)c1ccc2oc3ccc(-c4ccc5c(c4)Oc4nccc6c4B5c4ccccc4O6)cc3c2c1. The summed E-state index contributed by atoms with van der Waals surface area (Å²) >= 11 is 0. The molecule has 0 radical (unpaired) electrons. The van der Waals surface area contributed by atoms with E-state index in [1.165, 1.54) is 0 Å². The summed E-state index contributed by atoms with van der Waals surface area (Å²) in [6.07, 6.45) is 1.73. The van der Waals surface area contributed by atoms with Crippen LogP contribution in [0, 0.1) is 0 Å². The van der Waals surface area contributed by atoms with Crippen LogP contribution in [0.15, 0.2) is 156 Å². The van der Waals surface area contributed by atoms with E-state index in [1.54, 1.807) is 6.20 Å². The van der Waals surface area contributed by atoms with Gasteiger partial charge in [-0.15, -0.1) is 0 Å². The minimum absolute atomic E-state index is 0.0323. The van der Waals surface area contributed by atoms with Gasteiger partial charge in [0, 0.05) is 38.3 Å². The van der Waals surface area contributed by atoms with Crippen LogP contribution >= 0.6 is 7.14 Å². The molecule has 2 aliphatic rings. The third kappa shape index (κ3) is 4.00. The third-order valence-corrected chi connectivity index (χ3v) is 12.6. The van der Waals surface area contributed by atoms with Crippen molar-refractivity contribution >= 4 is 68.1 Å². The molecule has 6 aromatic carbocycles. The second kappa shape index (κ2) is 10.3. The summed E-state index contributed by atoms with van der Waals surface area (Å²) in [5.41, 5.74) is 6.71. The summed E-state index contributed by atoms with van der Waals surface area (Å²) in [5.74, 6) is 2.98. The molecule has 0 saturated carbocycles. The summed E-state index contributed by atoms with van der Waals surface area (Å²) < 4.78 is 34.1. The molecule has 226 valence electrons. The van der Waals surface area contributed by atoms with Crippen molar-refractivity contribution < 1.29 is 18.5 Å². The Labute approximate surface area is 276 Å². The van der Waals surface area contributed by atoms with Crippen molar-refractivity contribution in [1.82, 2.24) is 4.98 Å². The van der Waals surface area contributed by atoms with Crippen LogP contribution in [0.3, 0.4) is 0 Å². The Balaban J connectivity index is 1.10. The Bertz CT molecular complexity index is 2580. The Morgan fingerprint density at radius 1 is 0.521 bits per heavy atom. The zero-order valence-corrected chi connectivity index (χ0v) is 26.4. The Morgan fingerprint density at radius 3 is 1.96 bits per heavy atom. The van der Waals surface area contributed by atoms with Crippen molar-refractivity contribution in [3.63, 3.8) is 0 Å². The normalized spacial score (nSPS) is 13.0. The van der Waals surface area contributed by atoms with E-state index < -0.39 is 7.14 Å². The van der Waals surface area contributed by atoms with Gasteiger partial charge in [-0.05, 0) is 70.6 Å². The maximum absolute atomic E-state index is 15.1. The van der Waals surface area contributed by atoms with E-state index in [0.29, 0.717) is 5.88 Å². The molecule has 48 heavy (non-hydrogen) atoms. The number of pyridine rings is 1. The van der Waals surface area contributed by atoms with E-state index in [2.05, 4.69) is 41.4 Å². The molecule has 8 aromatic rings. The number of nitrogens with zero attached hydrogens (tertiary/aromatic N) is 1. The highest BCUT2D eigenvalue weighted by molar-refractivity contribution is 7.85. The van der Waals surface area contributed by atoms with E-state index in [9.17, 15) is 0 Å². The Kier molecular flexibility index (Phi) is 5.88. The number of rotatable bonds is 4. The van der Waals surface area contributed by atoms with Crippen molar-refractivity contribution in [3.05, 3.63) is 152 Å². The van der Waals surface area contributed by atoms with Gasteiger partial charge in [0.15, 0.2) is 7.14 Å². The minimum Gasteiger partial charge on any atom is -0.458 e. The number of aromatic nitrogens is 1. The average Bonchev–Trinajstić information content (AvgIpc) is 3.52. The van der Waals surface area contributed by atoms with E-state index in [0.717, 1.165) is 82.6 Å². The standard InChI is InChI=1S/C41H25BNO4P/c44-48(28-9-3-1-4-10-28,29-11-5-2-6-12-29)30-17-20-36-32(25-30)31-23-26(16-19-35(31)45-36)27-15-18-34-39(24-27)47-41-40-38(21-22-43-41)46-37-14-8-7-13-33(37)42(34)40/h1-25H. The minimum atomic E-state index is -3.15. The van der Waals surface area contributed by atoms with E-state index in [4.69, 9.17) is 13.9 Å². The van der Waals surface area contributed by atoms with Crippen molar-refractivity contribution in [2.75, 3.05) is 0 Å². The molecule has 0 saturated heterocycles. The van der Waals surface area contributed by atoms with Crippen molar-refractivity contribution in [2.45, 2.75) is 0 Å². The molecule has 0 unspecified atom stereocenters. The first-order chi connectivity index (χ1) is 23.6. The second-order valence-corrected chi connectivity index (χ2v) is 15.0. The lowest BCUT2D eigenvalue weighted by atomic mass is 9.35. The lowest BCUT2D eigenvalue weighted by Crippen LogP contribution is -2.57. The zero-order chi connectivity index (χ0) is 31.8. The average molecular weight is 637 g/mol. The first kappa shape index (κ1) is 27.3. The van der Waals surface area contributed by atoms with Gasteiger partial charge in [-0.25, -0.2) is 4.98 Å². The number of hydrogen-bond donors (Lipinski definition) is 0. The zero-order valence-electron chi connectivity index (χ0n) is 25.5. The lowest BCUT2D eigenvalue weighted by Gasteiger charge is -2.32. The van der Waals surface area contributed by atoms with Gasteiger partial charge in [-0.3, -0.25) is 0 Å². The molecule has 5 nitrogen and oxygen atoms in total. The largest absolute Gasteiger partial charge is 0.458 e. The van der Waals surface area contributed by atoms with Gasteiger partial charge in [0.1, 0.15) is 28.4 Å². The maximum Gasteiger partial charge on any atom is 0.262 e. The Hall–Kier alpha value is -5.84. The van der Waals surface area contributed by atoms with Crippen molar-refractivity contribution in [1.29, 1.82) is 0 Å². The summed E-state index contributed by atoms with van der Waals surface area (Å²) in [7, 11) is -3.15. The van der Waals surface area contributed by atoms with Gasteiger partial charge in [0.25, 0.3) is 6.71 Å². The number of fused-ring (bicyclic) bond motifs is 7. The molecule has 0 bridgehead atoms. The number of benzene rings is 6. The van der Waals surface area contributed by atoms with Crippen LogP contribution in [-0.2, 0) is 4.57 Å². The van der Waals surface area contributed by atoms with Crippen LogP contribution in [0.5, 0.6) is 23.1 Å². The van der Waals surface area contributed by atoms with Gasteiger partial charge in [-0.2, -0.15) is 0 Å². The molecular formula is C41H25BNO4P. The number of ether oxygens (including phenoxy) is 2. The third-order valence-electron chi connectivity index (χ3n) is 9.57. The first-order valence-electron chi connectivity index (χ1n) is 15.9. The fourth-order valence-corrected chi connectivity index (χ4v) is 9.97. The van der Waals surface area contributed by atoms with E-state index in [1.807, 2.05) is 109 Å². The van der Waals surface area contributed by atoms with Crippen molar-refractivity contribution in [2.24, 2.45) is 0 Å². The molecule has 0 fully saturated rings. The van der Waals surface area contributed by atoms with Gasteiger partial charge in [0.05, 0.1) is 0 Å². The molecule has 0 aliphatic carbocycles. The van der Waals surface area contributed by atoms with Gasteiger partial charge < -0.3 is 18.5 Å². The number of hydrogen-bond acceptors (Lipinski definition) is 5. The summed E-state index contributed by atoms with van der Waals surface area (Å²) in [5, 5.41) is 4.26. The van der Waals surface area contributed by atoms with Crippen LogP contribution in [0.25, 0.3) is 33.1 Å². The number of furan rings is 1. The van der Waals surface area contributed by atoms with Crippen molar-refractivity contribution in [3.8, 4) is 34.3 Å². The van der Waals surface area contributed by atoms with E-state index >= 15 is 4.57 Å². The molecule has 10 rings (SSSR count). The van der Waals surface area contributed by atoms with Crippen LogP contribution in [0.4, 0.5) is 0 Å². The predicted molar refractivity (Wildman–Crippen MR) is 194 cm³/mol. The Morgan fingerprint density at radius 2 is 1.17 bits per heavy atom. The van der Waals surface area contributed by atoms with Gasteiger partial charge in [-0.1, -0.05) is 97.1 Å². The summed E-state index contributed by atoms with van der Waals surface area (Å²) in [6.45, 7) is -0.0323. The topological polar surface area (TPSA) is 61.6 Å². The molecule has 0 amide bonds. The quantitative estimate of drug-likeness (QED) is 0.154. The molecular weight excluding hydrogens is 612 g/mol. The molecule has 0 spiro atoms. The molecule has 0 N–H and O–H groups in total. The predicted octanol–water partition coefficient (Wildman–Crippen LogP) is 7.02. The highest BCUT2D eigenvalue weighted by Crippen LogP contribution is 2.44. The van der Waals surface area contributed by atoms with Gasteiger partial charge in [0.2, 0.25) is 5.88 Å². The second-order valence-electron chi connectivity index (χ2n) is 12.2. The summed E-state index contributed by atoms with van der Waals surface area (Å²) in [4.78, 5) is 4.59. The molecule has 0 atom stereocenters. The van der Waals surface area contributed by atoms with Crippen LogP contribution in [0.1, 0.15) is 0 Å². The first-order valence-corrected chi connectivity index (χ1v) is 17.6. The number of para-hydroxylation sites is 1. The molecule has 2 aromatic heterocycles. The van der Waals surface area contributed by atoms with Crippen LogP contribution < -0.4 is 41.8 Å². The molecule has 4 heterocycles. The molecule has 7 heteroatoms. The van der Waals surface area contributed by atoms with Crippen LogP contribution in [-0.4, -0.2) is 11.7 Å². The van der Waals surface area contributed by atoms with Crippen LogP contribution in [0.2, 0.25) is 0 Å².